The normalized spacial score (nSPS) is 10.9. The first kappa shape index (κ1) is 16.8. The SMILES string of the molecule is COCCN(CCOC)c1ccc(N)c(-c2cc(C)cs2)c1. The predicted octanol–water partition coefficient (Wildman–Crippen LogP) is 3.40. The number of nitrogens with two attached hydrogens (primary N) is 1. The molecule has 0 unspecified atom stereocenters. The summed E-state index contributed by atoms with van der Waals surface area (Å²) in [5.41, 5.74) is 10.5. The summed E-state index contributed by atoms with van der Waals surface area (Å²) in [4.78, 5) is 3.46. The molecule has 0 aliphatic carbocycles. The number of ether oxygens (including phenoxy) is 2. The van der Waals surface area contributed by atoms with E-state index < -0.39 is 0 Å². The molecule has 0 aliphatic rings. The third-order valence-electron chi connectivity index (χ3n) is 3.53. The summed E-state index contributed by atoms with van der Waals surface area (Å²) < 4.78 is 10.4. The van der Waals surface area contributed by atoms with Crippen molar-refractivity contribution in [2.45, 2.75) is 6.92 Å². The molecule has 1 aromatic heterocycles. The highest BCUT2D eigenvalue weighted by molar-refractivity contribution is 7.13. The van der Waals surface area contributed by atoms with Crippen molar-refractivity contribution < 1.29 is 9.47 Å². The quantitative estimate of drug-likeness (QED) is 0.757. The highest BCUT2D eigenvalue weighted by Gasteiger charge is 2.11. The average molecular weight is 320 g/mol. The van der Waals surface area contributed by atoms with Gasteiger partial charge in [0.2, 0.25) is 0 Å². The molecule has 22 heavy (non-hydrogen) atoms. The number of anilines is 2. The fourth-order valence-corrected chi connectivity index (χ4v) is 3.24. The van der Waals surface area contributed by atoms with Crippen LogP contribution >= 0.6 is 11.3 Å². The van der Waals surface area contributed by atoms with Crippen LogP contribution in [0.1, 0.15) is 5.56 Å². The van der Waals surface area contributed by atoms with Crippen LogP contribution in [0.3, 0.4) is 0 Å². The van der Waals surface area contributed by atoms with E-state index in [2.05, 4.69) is 35.4 Å². The Bertz CT molecular complexity index is 590. The molecule has 0 saturated heterocycles. The van der Waals surface area contributed by atoms with Crippen LogP contribution < -0.4 is 10.6 Å². The maximum atomic E-state index is 6.17. The van der Waals surface area contributed by atoms with Crippen molar-refractivity contribution in [3.05, 3.63) is 35.2 Å². The molecular weight excluding hydrogens is 296 g/mol. The highest BCUT2D eigenvalue weighted by Crippen LogP contribution is 2.34. The number of benzene rings is 1. The average Bonchev–Trinajstić information content (AvgIpc) is 2.94. The minimum atomic E-state index is 0.682. The number of aryl methyl sites for hydroxylation is 1. The fourth-order valence-electron chi connectivity index (χ4n) is 2.30. The number of rotatable bonds is 8. The van der Waals surface area contributed by atoms with E-state index in [0.717, 1.165) is 30.0 Å². The Balaban J connectivity index is 2.28. The molecule has 0 aliphatic heterocycles. The van der Waals surface area contributed by atoms with Gasteiger partial charge in [0, 0.05) is 49.1 Å². The van der Waals surface area contributed by atoms with Crippen molar-refractivity contribution >= 4 is 22.7 Å². The molecule has 0 spiro atoms. The smallest absolute Gasteiger partial charge is 0.0637 e. The molecule has 4 nitrogen and oxygen atoms in total. The van der Waals surface area contributed by atoms with Crippen molar-refractivity contribution in [3.8, 4) is 10.4 Å². The van der Waals surface area contributed by atoms with Crippen LogP contribution in [0, 0.1) is 6.92 Å². The van der Waals surface area contributed by atoms with Crippen molar-refractivity contribution in [2.75, 3.05) is 51.2 Å². The maximum Gasteiger partial charge on any atom is 0.0637 e. The van der Waals surface area contributed by atoms with E-state index >= 15 is 0 Å². The number of hydrogen-bond acceptors (Lipinski definition) is 5. The zero-order valence-corrected chi connectivity index (χ0v) is 14.3. The first-order valence-electron chi connectivity index (χ1n) is 7.33. The Hall–Kier alpha value is -1.56. The Kier molecular flexibility index (Phi) is 6.24. The molecule has 0 saturated carbocycles. The second-order valence-corrected chi connectivity index (χ2v) is 6.14. The summed E-state index contributed by atoms with van der Waals surface area (Å²) >= 11 is 1.73. The molecule has 0 amide bonds. The number of hydrogen-bond donors (Lipinski definition) is 1. The first-order valence-corrected chi connectivity index (χ1v) is 8.21. The van der Waals surface area contributed by atoms with Gasteiger partial charge in [-0.15, -0.1) is 11.3 Å². The Morgan fingerprint density at radius 3 is 2.32 bits per heavy atom. The van der Waals surface area contributed by atoms with Crippen LogP contribution in [-0.4, -0.2) is 40.5 Å². The summed E-state index contributed by atoms with van der Waals surface area (Å²) in [5.74, 6) is 0. The largest absolute Gasteiger partial charge is 0.398 e. The highest BCUT2D eigenvalue weighted by atomic mass is 32.1. The summed E-state index contributed by atoms with van der Waals surface area (Å²) in [6.45, 7) is 5.12. The molecular formula is C17H24N2O2S. The van der Waals surface area contributed by atoms with Gasteiger partial charge in [-0.3, -0.25) is 0 Å². The van der Waals surface area contributed by atoms with Gasteiger partial charge in [-0.1, -0.05) is 0 Å². The summed E-state index contributed by atoms with van der Waals surface area (Å²) in [5, 5.41) is 2.15. The predicted molar refractivity (Wildman–Crippen MR) is 94.9 cm³/mol. The van der Waals surface area contributed by atoms with Crippen LogP contribution in [0.5, 0.6) is 0 Å². The zero-order chi connectivity index (χ0) is 15.9. The minimum absolute atomic E-state index is 0.682. The molecule has 2 N–H and O–H groups in total. The number of nitrogen functional groups attached to an aromatic ring is 1. The maximum absolute atomic E-state index is 6.17. The van der Waals surface area contributed by atoms with Crippen molar-refractivity contribution in [1.82, 2.24) is 0 Å². The third-order valence-corrected chi connectivity index (χ3v) is 4.61. The zero-order valence-electron chi connectivity index (χ0n) is 13.5. The molecule has 2 rings (SSSR count). The van der Waals surface area contributed by atoms with Gasteiger partial charge in [-0.25, -0.2) is 0 Å². The lowest BCUT2D eigenvalue weighted by molar-refractivity contribution is 0.190. The van der Waals surface area contributed by atoms with Gasteiger partial charge in [0.1, 0.15) is 0 Å². The lowest BCUT2D eigenvalue weighted by atomic mass is 10.1. The van der Waals surface area contributed by atoms with Crippen LogP contribution in [0.15, 0.2) is 29.6 Å². The molecule has 2 aromatic rings. The number of nitrogens with zero attached hydrogens (tertiary/aromatic N) is 1. The Morgan fingerprint density at radius 1 is 1.09 bits per heavy atom. The summed E-state index contributed by atoms with van der Waals surface area (Å²) in [6, 6.07) is 8.37. The monoisotopic (exact) mass is 320 g/mol. The van der Waals surface area contributed by atoms with Crippen molar-refractivity contribution in [2.24, 2.45) is 0 Å². The molecule has 0 bridgehead atoms. The second-order valence-electron chi connectivity index (χ2n) is 5.23. The molecule has 120 valence electrons. The van der Waals surface area contributed by atoms with E-state index in [1.807, 2.05) is 6.07 Å². The van der Waals surface area contributed by atoms with Crippen molar-refractivity contribution in [3.63, 3.8) is 0 Å². The van der Waals surface area contributed by atoms with Gasteiger partial charge in [0.25, 0.3) is 0 Å². The van der Waals surface area contributed by atoms with Gasteiger partial charge in [-0.05, 0) is 42.1 Å². The van der Waals surface area contributed by atoms with E-state index in [0.29, 0.717) is 13.2 Å². The third kappa shape index (κ3) is 4.22. The topological polar surface area (TPSA) is 47.7 Å². The lowest BCUT2D eigenvalue weighted by Gasteiger charge is -2.25. The molecule has 1 heterocycles. The van der Waals surface area contributed by atoms with Crippen LogP contribution in [0.4, 0.5) is 11.4 Å². The van der Waals surface area contributed by atoms with Gasteiger partial charge < -0.3 is 20.1 Å². The summed E-state index contributed by atoms with van der Waals surface area (Å²) in [6.07, 6.45) is 0. The lowest BCUT2D eigenvalue weighted by Crippen LogP contribution is -2.30. The van der Waals surface area contributed by atoms with Crippen molar-refractivity contribution in [1.29, 1.82) is 0 Å². The second kappa shape index (κ2) is 8.17. The first-order chi connectivity index (χ1) is 10.7. The standard InChI is InChI=1S/C17H24N2O2S/c1-13-10-17(22-12-13)15-11-14(4-5-16(15)18)19(6-8-20-2)7-9-21-3/h4-5,10-12H,6-9,18H2,1-3H3. The van der Waals surface area contributed by atoms with Crippen LogP contribution in [0.2, 0.25) is 0 Å². The van der Waals surface area contributed by atoms with E-state index in [9.17, 15) is 0 Å². The molecule has 5 heteroatoms. The molecule has 1 aromatic carbocycles. The van der Waals surface area contributed by atoms with Gasteiger partial charge in [0.15, 0.2) is 0 Å². The minimum Gasteiger partial charge on any atom is -0.398 e. The van der Waals surface area contributed by atoms with E-state index in [4.69, 9.17) is 15.2 Å². The van der Waals surface area contributed by atoms with Gasteiger partial charge >= 0.3 is 0 Å². The van der Waals surface area contributed by atoms with E-state index in [1.165, 1.54) is 10.4 Å². The van der Waals surface area contributed by atoms with Gasteiger partial charge in [0.05, 0.1) is 13.2 Å². The number of thiophene rings is 1. The summed E-state index contributed by atoms with van der Waals surface area (Å²) in [7, 11) is 3.44. The van der Waals surface area contributed by atoms with Crippen LogP contribution in [-0.2, 0) is 9.47 Å². The fraction of sp³-hybridized carbons (Fsp3) is 0.412. The number of methoxy groups -OCH3 is 2. The van der Waals surface area contributed by atoms with E-state index in [-0.39, 0.29) is 0 Å². The molecule has 0 radical (unpaired) electrons. The Morgan fingerprint density at radius 2 is 1.77 bits per heavy atom. The molecule has 0 fully saturated rings. The van der Waals surface area contributed by atoms with Crippen LogP contribution in [0.25, 0.3) is 10.4 Å². The molecule has 0 atom stereocenters. The Labute approximate surface area is 136 Å². The van der Waals surface area contributed by atoms with E-state index in [1.54, 1.807) is 25.6 Å². The van der Waals surface area contributed by atoms with Gasteiger partial charge in [-0.2, -0.15) is 0 Å².